The fourth-order valence-corrected chi connectivity index (χ4v) is 4.43. The molecule has 0 aliphatic carbocycles. The number of piperidine rings is 1. The van der Waals surface area contributed by atoms with Crippen molar-refractivity contribution in [1.82, 2.24) is 19.7 Å². The largest absolute Gasteiger partial charge is 0.354 e. The van der Waals surface area contributed by atoms with Crippen LogP contribution in [0.4, 0.5) is 0 Å². The highest BCUT2D eigenvalue weighted by Crippen LogP contribution is 2.18. The second-order valence-electron chi connectivity index (χ2n) is 6.16. The van der Waals surface area contributed by atoms with E-state index < -0.39 is 10.2 Å². The Bertz CT molecular complexity index is 469. The van der Waals surface area contributed by atoms with Crippen LogP contribution in [-0.2, 0) is 15.0 Å². The third kappa shape index (κ3) is 6.19. The lowest BCUT2D eigenvalue weighted by atomic mass is 9.99. The maximum atomic E-state index is 12.2. The van der Waals surface area contributed by atoms with Crippen molar-refractivity contribution in [3.8, 4) is 0 Å². The summed E-state index contributed by atoms with van der Waals surface area (Å²) in [6, 6.07) is -0.0744. The molecule has 0 aromatic carbocycles. The summed E-state index contributed by atoms with van der Waals surface area (Å²) in [4.78, 5) is 12.0. The maximum Gasteiger partial charge on any atom is 0.279 e. The highest BCUT2D eigenvalue weighted by Gasteiger charge is 2.29. The Morgan fingerprint density at radius 1 is 1.30 bits per heavy atom. The molecule has 2 aliphatic rings. The Morgan fingerprint density at radius 2 is 2.09 bits per heavy atom. The highest BCUT2D eigenvalue weighted by molar-refractivity contribution is 7.87. The molecule has 23 heavy (non-hydrogen) atoms. The number of nitrogens with zero attached hydrogens (tertiary/aromatic N) is 1. The molecule has 7 nitrogen and oxygen atoms in total. The minimum atomic E-state index is -3.37. The summed E-state index contributed by atoms with van der Waals surface area (Å²) < 4.78 is 28.4. The average molecular weight is 369 g/mol. The molecule has 2 rings (SSSR count). The van der Waals surface area contributed by atoms with Gasteiger partial charge in [-0.3, -0.25) is 4.79 Å². The molecule has 2 heterocycles. The number of halogens is 1. The van der Waals surface area contributed by atoms with Crippen LogP contribution < -0.4 is 15.4 Å². The van der Waals surface area contributed by atoms with E-state index in [0.717, 1.165) is 38.6 Å². The van der Waals surface area contributed by atoms with Crippen molar-refractivity contribution in [3.63, 3.8) is 0 Å². The minimum Gasteiger partial charge on any atom is -0.354 e. The predicted octanol–water partition coefficient (Wildman–Crippen LogP) is 0.233. The number of nitrogens with one attached hydrogen (secondary N) is 3. The molecule has 0 spiro atoms. The van der Waals surface area contributed by atoms with Crippen LogP contribution in [0.1, 0.15) is 39.0 Å². The van der Waals surface area contributed by atoms with Gasteiger partial charge in [0.15, 0.2) is 0 Å². The Kier molecular flexibility index (Phi) is 8.78. The van der Waals surface area contributed by atoms with Gasteiger partial charge in [-0.1, -0.05) is 6.92 Å². The quantitative estimate of drug-likeness (QED) is 0.600. The van der Waals surface area contributed by atoms with Crippen LogP contribution in [0.3, 0.4) is 0 Å². The molecule has 0 aromatic rings. The van der Waals surface area contributed by atoms with Gasteiger partial charge in [0, 0.05) is 26.2 Å². The van der Waals surface area contributed by atoms with Gasteiger partial charge in [-0.2, -0.15) is 12.7 Å². The molecule has 2 aliphatic heterocycles. The van der Waals surface area contributed by atoms with Crippen molar-refractivity contribution < 1.29 is 13.2 Å². The zero-order valence-corrected chi connectivity index (χ0v) is 15.3. The minimum absolute atomic E-state index is 0. The third-order valence-corrected chi connectivity index (χ3v) is 5.88. The van der Waals surface area contributed by atoms with Crippen LogP contribution in [0.15, 0.2) is 0 Å². The van der Waals surface area contributed by atoms with E-state index in [2.05, 4.69) is 15.4 Å². The van der Waals surface area contributed by atoms with Gasteiger partial charge in [0.25, 0.3) is 10.2 Å². The van der Waals surface area contributed by atoms with E-state index in [1.165, 1.54) is 4.31 Å². The van der Waals surface area contributed by atoms with Crippen molar-refractivity contribution in [2.45, 2.75) is 45.1 Å². The van der Waals surface area contributed by atoms with Gasteiger partial charge in [-0.25, -0.2) is 4.72 Å². The van der Waals surface area contributed by atoms with E-state index in [0.29, 0.717) is 26.2 Å². The van der Waals surface area contributed by atoms with Crippen molar-refractivity contribution in [3.05, 3.63) is 0 Å². The molecule has 2 saturated heterocycles. The van der Waals surface area contributed by atoms with Gasteiger partial charge in [0.1, 0.15) is 0 Å². The smallest absolute Gasteiger partial charge is 0.279 e. The summed E-state index contributed by atoms with van der Waals surface area (Å²) in [6.45, 7) is 4.90. The molecule has 2 atom stereocenters. The van der Waals surface area contributed by atoms with Crippen LogP contribution in [0, 0.1) is 5.92 Å². The summed E-state index contributed by atoms with van der Waals surface area (Å²) in [5.74, 6) is 0.235. The van der Waals surface area contributed by atoms with E-state index in [9.17, 15) is 13.2 Å². The van der Waals surface area contributed by atoms with Gasteiger partial charge in [0.2, 0.25) is 5.91 Å². The summed E-state index contributed by atoms with van der Waals surface area (Å²) >= 11 is 0. The van der Waals surface area contributed by atoms with Crippen molar-refractivity contribution >= 4 is 28.5 Å². The fourth-order valence-electron chi connectivity index (χ4n) is 3.01. The number of hydrogen-bond donors (Lipinski definition) is 3. The number of amides is 1. The van der Waals surface area contributed by atoms with Crippen molar-refractivity contribution in [1.29, 1.82) is 0 Å². The van der Waals surface area contributed by atoms with E-state index in [-0.39, 0.29) is 30.3 Å². The fraction of sp³-hybridized carbons (Fsp3) is 0.929. The first-order valence-electron chi connectivity index (χ1n) is 8.28. The molecule has 9 heteroatoms. The first-order chi connectivity index (χ1) is 10.5. The highest BCUT2D eigenvalue weighted by atomic mass is 35.5. The van der Waals surface area contributed by atoms with Crippen LogP contribution >= 0.6 is 12.4 Å². The zero-order chi connectivity index (χ0) is 16.0. The lowest BCUT2D eigenvalue weighted by Gasteiger charge is -2.32. The number of hydrogen-bond acceptors (Lipinski definition) is 4. The first-order valence-corrected chi connectivity index (χ1v) is 9.72. The normalized spacial score (nSPS) is 25.8. The van der Waals surface area contributed by atoms with E-state index >= 15 is 0 Å². The molecule has 136 valence electrons. The lowest BCUT2D eigenvalue weighted by Crippen LogP contribution is -2.49. The molecule has 2 unspecified atom stereocenters. The summed E-state index contributed by atoms with van der Waals surface area (Å²) in [5, 5.41) is 6.14. The van der Waals surface area contributed by atoms with Gasteiger partial charge in [-0.05, 0) is 44.6 Å². The number of carbonyl (C=O) groups excluding carboxylic acids is 1. The predicted molar refractivity (Wildman–Crippen MR) is 92.8 cm³/mol. The summed E-state index contributed by atoms with van der Waals surface area (Å²) in [7, 11) is -3.37. The molecule has 2 fully saturated rings. The van der Waals surface area contributed by atoms with Gasteiger partial charge in [-0.15, -0.1) is 12.4 Å². The van der Waals surface area contributed by atoms with E-state index in [1.807, 2.05) is 6.92 Å². The van der Waals surface area contributed by atoms with Crippen molar-refractivity contribution in [2.24, 2.45) is 5.92 Å². The second kappa shape index (κ2) is 9.78. The zero-order valence-electron chi connectivity index (χ0n) is 13.7. The topological polar surface area (TPSA) is 90.5 Å². The molecule has 0 bridgehead atoms. The van der Waals surface area contributed by atoms with E-state index in [4.69, 9.17) is 0 Å². The monoisotopic (exact) mass is 368 g/mol. The Hall–Kier alpha value is -0.410. The Balaban J connectivity index is 0.00000264. The van der Waals surface area contributed by atoms with Gasteiger partial charge in [0.05, 0.1) is 6.04 Å². The lowest BCUT2D eigenvalue weighted by molar-refractivity contribution is -0.123. The van der Waals surface area contributed by atoms with Crippen LogP contribution in [-0.4, -0.2) is 57.4 Å². The average Bonchev–Trinajstić information content (AvgIpc) is 3.05. The molecular weight excluding hydrogens is 340 g/mol. The third-order valence-electron chi connectivity index (χ3n) is 4.30. The van der Waals surface area contributed by atoms with Crippen LogP contribution in [0.5, 0.6) is 0 Å². The summed E-state index contributed by atoms with van der Waals surface area (Å²) in [5.41, 5.74) is 0. The molecular formula is C14H29ClN4O3S. The Morgan fingerprint density at radius 3 is 2.74 bits per heavy atom. The van der Waals surface area contributed by atoms with Gasteiger partial charge < -0.3 is 10.6 Å². The molecule has 0 saturated carbocycles. The second-order valence-corrected chi connectivity index (χ2v) is 7.91. The van der Waals surface area contributed by atoms with Crippen LogP contribution in [0.2, 0.25) is 0 Å². The van der Waals surface area contributed by atoms with E-state index in [1.54, 1.807) is 0 Å². The number of rotatable bonds is 7. The molecule has 3 N–H and O–H groups in total. The maximum absolute atomic E-state index is 12.2. The van der Waals surface area contributed by atoms with Gasteiger partial charge >= 0.3 is 0 Å². The molecule has 0 aromatic heterocycles. The first kappa shape index (κ1) is 20.6. The number of carbonyl (C=O) groups is 1. The molecule has 1 amide bonds. The SMILES string of the molecule is CCCNS(=O)(=O)N1CCCC(CNC(=O)C2CCCN2)C1.Cl. The Labute approximate surface area is 145 Å². The van der Waals surface area contributed by atoms with Crippen molar-refractivity contribution in [2.75, 3.05) is 32.7 Å². The summed E-state index contributed by atoms with van der Waals surface area (Å²) in [6.07, 6.45) is 4.50. The van der Waals surface area contributed by atoms with Crippen LogP contribution in [0.25, 0.3) is 0 Å². The molecule has 0 radical (unpaired) electrons. The standard InChI is InChI=1S/C14H28N4O3S.ClH/c1-2-7-17-22(20,21)18-9-4-5-12(11-18)10-16-14(19)13-6-3-8-15-13;/h12-13,15,17H,2-11H2,1H3,(H,16,19);1H.